The highest BCUT2D eigenvalue weighted by atomic mass is 28.5. The van der Waals surface area contributed by atoms with Crippen molar-refractivity contribution in [1.29, 1.82) is 5.26 Å². The maximum Gasteiger partial charge on any atom is 0.351 e. The molecule has 0 aliphatic carbocycles. The van der Waals surface area contributed by atoms with Gasteiger partial charge in [-0.15, -0.1) is 0 Å². The number of nitrogens with two attached hydrogens (primary N) is 1. The van der Waals surface area contributed by atoms with Crippen LogP contribution in [0, 0.1) is 16.7 Å². The van der Waals surface area contributed by atoms with Crippen LogP contribution in [0.1, 0.15) is 68.5 Å². The summed E-state index contributed by atoms with van der Waals surface area (Å²) in [7, 11) is -6.50. The van der Waals surface area contributed by atoms with E-state index in [9.17, 15) is 20.0 Å². The SMILES string of the molecule is CC(C)[Si](O)(O[Si](O[C@@H]1[C@@H](CO)OC(n2ccc(N)nc2=O)[C@]1(C)C#N)(C(C)C)C(C)C)C(C)C. The minimum atomic E-state index is -3.25. The first kappa shape index (κ1) is 29.6. The minimum Gasteiger partial charge on any atom is -0.414 e. The molecular weight excluding hydrogens is 484 g/mol. The lowest BCUT2D eigenvalue weighted by atomic mass is 9.84. The number of aliphatic hydroxyl groups excluding tert-OH is 1. The number of nitriles is 1. The van der Waals surface area contributed by atoms with Gasteiger partial charge in [0.15, 0.2) is 6.23 Å². The maximum absolute atomic E-state index is 12.6. The molecule has 0 spiro atoms. The van der Waals surface area contributed by atoms with Gasteiger partial charge in [0.1, 0.15) is 17.3 Å². The molecule has 0 saturated carbocycles. The average molecular weight is 527 g/mol. The van der Waals surface area contributed by atoms with Crippen LogP contribution >= 0.6 is 0 Å². The van der Waals surface area contributed by atoms with Gasteiger partial charge in [-0.05, 0) is 35.2 Å². The first-order valence-electron chi connectivity index (χ1n) is 12.2. The van der Waals surface area contributed by atoms with E-state index in [1.165, 1.54) is 16.8 Å². The van der Waals surface area contributed by atoms with Crippen LogP contribution in [0.15, 0.2) is 17.1 Å². The van der Waals surface area contributed by atoms with Crippen molar-refractivity contribution >= 4 is 22.9 Å². The topological polar surface area (TPSA) is 153 Å². The molecule has 0 amide bonds. The highest BCUT2D eigenvalue weighted by Gasteiger charge is 2.62. The largest absolute Gasteiger partial charge is 0.414 e. The van der Waals surface area contributed by atoms with Crippen molar-refractivity contribution in [2.24, 2.45) is 5.41 Å². The zero-order valence-electron chi connectivity index (χ0n) is 22.3. The van der Waals surface area contributed by atoms with Crippen molar-refractivity contribution in [2.75, 3.05) is 12.3 Å². The zero-order valence-corrected chi connectivity index (χ0v) is 24.3. The zero-order chi connectivity index (χ0) is 26.9. The normalized spacial score (nSPS) is 25.7. The molecule has 2 rings (SSSR count). The highest BCUT2D eigenvalue weighted by molar-refractivity contribution is 6.83. The number of hydrogen-bond donors (Lipinski definition) is 3. The van der Waals surface area contributed by atoms with E-state index < -0.39 is 53.3 Å². The quantitative estimate of drug-likeness (QED) is 0.390. The number of ether oxygens (including phenoxy) is 1. The van der Waals surface area contributed by atoms with Crippen molar-refractivity contribution in [3.63, 3.8) is 0 Å². The first-order valence-corrected chi connectivity index (χ1v) is 16.2. The van der Waals surface area contributed by atoms with Gasteiger partial charge in [-0.2, -0.15) is 10.2 Å². The molecule has 1 aromatic heterocycles. The van der Waals surface area contributed by atoms with E-state index in [-0.39, 0.29) is 28.0 Å². The summed E-state index contributed by atoms with van der Waals surface area (Å²) in [6, 6.07) is 3.74. The molecule has 10 nitrogen and oxygen atoms in total. The van der Waals surface area contributed by atoms with Crippen molar-refractivity contribution in [1.82, 2.24) is 9.55 Å². The van der Waals surface area contributed by atoms with E-state index in [0.717, 1.165) is 0 Å². The Labute approximate surface area is 210 Å². The summed E-state index contributed by atoms with van der Waals surface area (Å²) in [6.45, 7) is 17.0. The fourth-order valence-electron chi connectivity index (χ4n) is 4.87. The van der Waals surface area contributed by atoms with E-state index in [1.54, 1.807) is 6.92 Å². The van der Waals surface area contributed by atoms with Crippen molar-refractivity contribution in [3.05, 3.63) is 22.7 Å². The predicted molar refractivity (Wildman–Crippen MR) is 138 cm³/mol. The smallest absolute Gasteiger partial charge is 0.351 e. The van der Waals surface area contributed by atoms with Crippen LogP contribution in [-0.2, 0) is 13.3 Å². The van der Waals surface area contributed by atoms with Crippen LogP contribution in [0.25, 0.3) is 0 Å². The molecule has 4 atom stereocenters. The molecule has 198 valence electrons. The van der Waals surface area contributed by atoms with E-state index >= 15 is 0 Å². The van der Waals surface area contributed by atoms with E-state index in [4.69, 9.17) is 19.0 Å². The molecule has 1 aliphatic rings. The molecule has 1 unspecified atom stereocenters. The number of aliphatic hydroxyl groups is 1. The highest BCUT2D eigenvalue weighted by Crippen LogP contribution is 2.50. The molecule has 35 heavy (non-hydrogen) atoms. The lowest BCUT2D eigenvalue weighted by molar-refractivity contribution is -0.0507. The van der Waals surface area contributed by atoms with Gasteiger partial charge >= 0.3 is 22.8 Å². The van der Waals surface area contributed by atoms with Crippen molar-refractivity contribution in [2.45, 2.75) is 103 Å². The number of nitrogens with zero attached hydrogens (tertiary/aromatic N) is 3. The Bertz CT molecular complexity index is 963. The summed E-state index contributed by atoms with van der Waals surface area (Å²) in [5.41, 5.74) is 3.28. The summed E-state index contributed by atoms with van der Waals surface area (Å²) in [5, 5.41) is 20.6. The Balaban J connectivity index is 2.65. The lowest BCUT2D eigenvalue weighted by Crippen LogP contribution is -2.62. The Morgan fingerprint density at radius 2 is 1.74 bits per heavy atom. The first-order chi connectivity index (χ1) is 16.1. The second-order valence-corrected chi connectivity index (χ2v) is 19.5. The molecule has 2 heterocycles. The van der Waals surface area contributed by atoms with Gasteiger partial charge in [0, 0.05) is 6.20 Å². The molecule has 0 radical (unpaired) electrons. The van der Waals surface area contributed by atoms with Crippen LogP contribution in [-0.4, -0.2) is 55.4 Å². The number of aromatic nitrogens is 2. The maximum atomic E-state index is 12.6. The number of anilines is 1. The number of rotatable bonds is 10. The third kappa shape index (κ3) is 5.27. The molecule has 0 aromatic carbocycles. The Hall–Kier alpha value is -1.60. The van der Waals surface area contributed by atoms with Crippen LogP contribution in [0.5, 0.6) is 0 Å². The monoisotopic (exact) mass is 526 g/mol. The van der Waals surface area contributed by atoms with Crippen LogP contribution in [0.2, 0.25) is 22.2 Å². The number of nitrogen functional groups attached to an aromatic ring is 1. The Morgan fingerprint density at radius 3 is 2.14 bits per heavy atom. The fourth-order valence-corrected chi connectivity index (χ4v) is 14.9. The van der Waals surface area contributed by atoms with E-state index in [1.807, 2.05) is 55.4 Å². The molecule has 4 N–H and O–H groups in total. The van der Waals surface area contributed by atoms with Gasteiger partial charge in [0.25, 0.3) is 0 Å². The van der Waals surface area contributed by atoms with Crippen molar-refractivity contribution < 1.29 is 23.2 Å². The minimum absolute atomic E-state index is 0.0560. The second kappa shape index (κ2) is 10.8. The van der Waals surface area contributed by atoms with Gasteiger partial charge in [-0.1, -0.05) is 55.4 Å². The molecule has 0 bridgehead atoms. The van der Waals surface area contributed by atoms with Crippen molar-refractivity contribution in [3.8, 4) is 6.07 Å². The second-order valence-electron chi connectivity index (χ2n) is 10.9. The van der Waals surface area contributed by atoms with Gasteiger partial charge < -0.3 is 28.9 Å². The van der Waals surface area contributed by atoms with Gasteiger partial charge in [0.05, 0.1) is 18.8 Å². The molecule has 1 saturated heterocycles. The molecule has 1 aromatic rings. The van der Waals surface area contributed by atoms with E-state index in [2.05, 4.69) is 11.1 Å². The number of hydrogen-bond acceptors (Lipinski definition) is 9. The summed E-state index contributed by atoms with van der Waals surface area (Å²) in [4.78, 5) is 28.1. The summed E-state index contributed by atoms with van der Waals surface area (Å²) in [6.07, 6.45) is -1.44. The van der Waals surface area contributed by atoms with Crippen LogP contribution in [0.4, 0.5) is 5.82 Å². The lowest BCUT2D eigenvalue weighted by Gasteiger charge is -2.48. The molecule has 1 aliphatic heterocycles. The average Bonchev–Trinajstić information content (AvgIpc) is 3.04. The van der Waals surface area contributed by atoms with Crippen LogP contribution in [0.3, 0.4) is 0 Å². The third-order valence-electron chi connectivity index (χ3n) is 7.17. The fraction of sp³-hybridized carbons (Fsp3) is 0.783. The Morgan fingerprint density at radius 1 is 1.20 bits per heavy atom. The molecular formula is C23H42N4O6Si2. The third-order valence-corrected chi connectivity index (χ3v) is 16.9. The molecule has 1 fully saturated rings. The summed E-state index contributed by atoms with van der Waals surface area (Å²) in [5.74, 6) is 0.0560. The van der Waals surface area contributed by atoms with E-state index in [0.29, 0.717) is 0 Å². The molecule has 12 heteroatoms. The van der Waals surface area contributed by atoms with Gasteiger partial charge in [-0.25, -0.2) is 4.79 Å². The van der Waals surface area contributed by atoms with Crippen LogP contribution < -0.4 is 11.4 Å². The summed E-state index contributed by atoms with van der Waals surface area (Å²) >= 11 is 0. The summed E-state index contributed by atoms with van der Waals surface area (Å²) < 4.78 is 20.9. The predicted octanol–water partition coefficient (Wildman–Crippen LogP) is 3.16. The standard InChI is InChI=1S/C23H42N4O6Si2/c1-14(2)34(30,15(3)4)33-35(16(5)6,17(7)8)32-20-18(12-28)31-21(23(20,9)13-24)27-11-10-19(25)26-22(27)29/h10-11,14-18,20-21,28,30H,12H2,1-9H3,(H2,25,26,29)/t18-,20-,21?,23-/m1/s1. The Kier molecular flexibility index (Phi) is 9.14. The van der Waals surface area contributed by atoms with Gasteiger partial charge in [0.2, 0.25) is 0 Å². The van der Waals surface area contributed by atoms with Gasteiger partial charge in [-0.3, -0.25) is 4.57 Å².